The van der Waals surface area contributed by atoms with Gasteiger partial charge in [-0.05, 0) is 42.5 Å². The molecule has 13 nitrogen and oxygen atoms in total. The number of nitro benzene ring substituents is 2. The summed E-state index contributed by atoms with van der Waals surface area (Å²) in [4.78, 5) is 44.2. The Morgan fingerprint density at radius 3 is 1.59 bits per heavy atom. The highest BCUT2D eigenvalue weighted by Crippen LogP contribution is 2.26. The van der Waals surface area contributed by atoms with Crippen molar-refractivity contribution in [3.8, 4) is 0 Å². The van der Waals surface area contributed by atoms with Crippen LogP contribution in [0, 0.1) is 20.2 Å². The van der Waals surface area contributed by atoms with Crippen molar-refractivity contribution in [2.45, 2.75) is 4.90 Å². The van der Waals surface area contributed by atoms with E-state index in [2.05, 4.69) is 10.6 Å². The number of non-ortho nitro benzene ring substituents is 2. The van der Waals surface area contributed by atoms with E-state index in [0.29, 0.717) is 0 Å². The summed E-state index contributed by atoms with van der Waals surface area (Å²) in [6.07, 6.45) is 0. The molecule has 3 N–H and O–H groups in total. The van der Waals surface area contributed by atoms with Crippen LogP contribution in [0.1, 0.15) is 20.7 Å². The lowest BCUT2D eigenvalue weighted by Crippen LogP contribution is -2.16. The molecule has 3 aromatic rings. The Kier molecular flexibility index (Phi) is 6.65. The molecule has 0 radical (unpaired) electrons. The molecular formula is C20H14N4O9S. The van der Waals surface area contributed by atoms with Crippen molar-refractivity contribution < 1.29 is 32.4 Å². The SMILES string of the molecule is O=C(Nc1ccc(NC(=O)c2ccc([N+](=O)[O-])cc2)c(S(=O)(=O)O)c1)c1ccc([N+](=O)[O-])cc1. The first-order valence-electron chi connectivity index (χ1n) is 9.19. The quantitative estimate of drug-likeness (QED) is 0.255. The van der Waals surface area contributed by atoms with Gasteiger partial charge in [-0.2, -0.15) is 8.42 Å². The standard InChI is InChI=1S/C20H14N4O9S/c25-19(12-1-6-15(7-2-12)23(27)28)21-14-5-10-17(18(11-14)34(31,32)33)22-20(26)13-3-8-16(9-4-13)24(29)30/h1-11H,(H,21,25)(H,22,26)(H,31,32,33). The summed E-state index contributed by atoms with van der Waals surface area (Å²) >= 11 is 0. The van der Waals surface area contributed by atoms with E-state index in [9.17, 15) is 42.8 Å². The van der Waals surface area contributed by atoms with Crippen LogP contribution in [-0.4, -0.2) is 34.6 Å². The molecule has 3 rings (SSSR count). The monoisotopic (exact) mass is 486 g/mol. The highest BCUT2D eigenvalue weighted by Gasteiger charge is 2.20. The maximum Gasteiger partial charge on any atom is 0.296 e. The Hall–Kier alpha value is -4.69. The van der Waals surface area contributed by atoms with Crippen molar-refractivity contribution in [2.24, 2.45) is 0 Å². The number of nitro groups is 2. The lowest BCUT2D eigenvalue weighted by molar-refractivity contribution is -0.385. The first-order chi connectivity index (χ1) is 16.0. The van der Waals surface area contributed by atoms with Crippen molar-refractivity contribution in [1.82, 2.24) is 0 Å². The number of hydrogen-bond acceptors (Lipinski definition) is 8. The Morgan fingerprint density at radius 2 is 1.18 bits per heavy atom. The number of anilines is 2. The maximum absolute atomic E-state index is 12.4. The summed E-state index contributed by atoms with van der Waals surface area (Å²) in [6.45, 7) is 0. The molecule has 0 fully saturated rings. The highest BCUT2D eigenvalue weighted by atomic mass is 32.2. The van der Waals surface area contributed by atoms with E-state index in [1.807, 2.05) is 0 Å². The van der Waals surface area contributed by atoms with Crippen LogP contribution in [0.3, 0.4) is 0 Å². The predicted octanol–water partition coefficient (Wildman–Crippen LogP) is 3.25. The molecule has 0 unspecified atom stereocenters. The molecule has 0 aliphatic rings. The molecular weight excluding hydrogens is 472 g/mol. The minimum atomic E-state index is -4.85. The van der Waals surface area contributed by atoms with Gasteiger partial charge in [-0.15, -0.1) is 0 Å². The van der Waals surface area contributed by atoms with Crippen LogP contribution in [0.4, 0.5) is 22.7 Å². The van der Waals surface area contributed by atoms with Gasteiger partial charge in [-0.1, -0.05) is 0 Å². The van der Waals surface area contributed by atoms with E-state index in [1.54, 1.807) is 0 Å². The van der Waals surface area contributed by atoms with E-state index in [4.69, 9.17) is 0 Å². The Morgan fingerprint density at radius 1 is 0.735 bits per heavy atom. The van der Waals surface area contributed by atoms with Crippen molar-refractivity contribution in [3.05, 3.63) is 98.1 Å². The van der Waals surface area contributed by atoms with Crippen LogP contribution in [0.2, 0.25) is 0 Å². The van der Waals surface area contributed by atoms with E-state index in [-0.39, 0.29) is 33.9 Å². The van der Waals surface area contributed by atoms with E-state index < -0.39 is 36.7 Å². The average Bonchev–Trinajstić information content (AvgIpc) is 2.79. The van der Waals surface area contributed by atoms with Crippen LogP contribution >= 0.6 is 0 Å². The summed E-state index contributed by atoms with van der Waals surface area (Å²) in [6, 6.07) is 12.4. The van der Waals surface area contributed by atoms with Gasteiger partial charge in [0.15, 0.2) is 0 Å². The number of amides is 2. The molecule has 0 aliphatic carbocycles. The molecule has 0 aromatic heterocycles. The van der Waals surface area contributed by atoms with Crippen molar-refractivity contribution >= 4 is 44.7 Å². The molecule has 3 aromatic carbocycles. The fourth-order valence-electron chi connectivity index (χ4n) is 2.78. The second kappa shape index (κ2) is 9.43. The van der Waals surface area contributed by atoms with Gasteiger partial charge in [0.05, 0.1) is 15.5 Å². The van der Waals surface area contributed by atoms with Crippen LogP contribution < -0.4 is 10.6 Å². The molecule has 34 heavy (non-hydrogen) atoms. The van der Waals surface area contributed by atoms with Crippen molar-refractivity contribution in [2.75, 3.05) is 10.6 Å². The maximum atomic E-state index is 12.4. The average molecular weight is 486 g/mol. The Labute approximate surface area is 191 Å². The largest absolute Gasteiger partial charge is 0.322 e. The third-order valence-electron chi connectivity index (χ3n) is 4.45. The van der Waals surface area contributed by atoms with E-state index in [1.165, 1.54) is 30.3 Å². The summed E-state index contributed by atoms with van der Waals surface area (Å²) in [5.41, 5.74) is -0.790. The van der Waals surface area contributed by atoms with Gasteiger partial charge < -0.3 is 10.6 Å². The number of hydrogen-bond donors (Lipinski definition) is 3. The first kappa shape index (κ1) is 24.0. The number of carbonyl (C=O) groups is 2. The minimum Gasteiger partial charge on any atom is -0.322 e. The number of carbonyl (C=O) groups excluding carboxylic acids is 2. The van der Waals surface area contributed by atoms with Gasteiger partial charge in [0.25, 0.3) is 33.3 Å². The number of nitrogens with zero attached hydrogens (tertiary/aromatic N) is 2. The summed E-state index contributed by atoms with van der Waals surface area (Å²) in [7, 11) is -4.85. The van der Waals surface area contributed by atoms with Crippen molar-refractivity contribution in [1.29, 1.82) is 0 Å². The van der Waals surface area contributed by atoms with Gasteiger partial charge >= 0.3 is 0 Å². The van der Waals surface area contributed by atoms with Crippen LogP contribution in [0.25, 0.3) is 0 Å². The van der Waals surface area contributed by atoms with Crippen LogP contribution in [0.15, 0.2) is 71.6 Å². The smallest absolute Gasteiger partial charge is 0.296 e. The fraction of sp³-hybridized carbons (Fsp3) is 0. The first-order valence-corrected chi connectivity index (χ1v) is 10.6. The molecule has 0 saturated heterocycles. The van der Waals surface area contributed by atoms with Gasteiger partial charge in [0, 0.05) is 41.1 Å². The third kappa shape index (κ3) is 5.56. The Balaban J connectivity index is 1.83. The van der Waals surface area contributed by atoms with E-state index in [0.717, 1.165) is 36.4 Å². The third-order valence-corrected chi connectivity index (χ3v) is 5.34. The topological polar surface area (TPSA) is 199 Å². The fourth-order valence-corrected chi connectivity index (χ4v) is 3.46. The molecule has 0 spiro atoms. The summed E-state index contributed by atoms with van der Waals surface area (Å²) in [5.74, 6) is -1.51. The number of benzene rings is 3. The molecule has 2 amide bonds. The van der Waals surface area contributed by atoms with Gasteiger partial charge in [0.2, 0.25) is 0 Å². The Bertz CT molecular complexity index is 1400. The zero-order chi connectivity index (χ0) is 25.0. The molecule has 0 aliphatic heterocycles. The van der Waals surface area contributed by atoms with Gasteiger partial charge in [-0.25, -0.2) is 0 Å². The molecule has 174 valence electrons. The van der Waals surface area contributed by atoms with Crippen molar-refractivity contribution in [3.63, 3.8) is 0 Å². The minimum absolute atomic E-state index is 0.0116. The number of rotatable bonds is 7. The lowest BCUT2D eigenvalue weighted by atomic mass is 10.1. The second-order valence-corrected chi connectivity index (χ2v) is 8.09. The predicted molar refractivity (Wildman–Crippen MR) is 118 cm³/mol. The molecule has 0 atom stereocenters. The second-order valence-electron chi connectivity index (χ2n) is 6.70. The zero-order valence-corrected chi connectivity index (χ0v) is 17.7. The molecule has 0 saturated carbocycles. The molecule has 0 heterocycles. The molecule has 14 heteroatoms. The zero-order valence-electron chi connectivity index (χ0n) is 16.9. The normalized spacial score (nSPS) is 10.9. The van der Waals surface area contributed by atoms with Crippen LogP contribution in [0.5, 0.6) is 0 Å². The van der Waals surface area contributed by atoms with Gasteiger partial charge in [-0.3, -0.25) is 34.4 Å². The number of nitrogens with one attached hydrogen (secondary N) is 2. The summed E-state index contributed by atoms with van der Waals surface area (Å²) in [5, 5.41) is 26.1. The van der Waals surface area contributed by atoms with Crippen LogP contribution in [-0.2, 0) is 10.1 Å². The molecule has 0 bridgehead atoms. The van der Waals surface area contributed by atoms with E-state index >= 15 is 0 Å². The highest BCUT2D eigenvalue weighted by molar-refractivity contribution is 7.86. The lowest BCUT2D eigenvalue weighted by Gasteiger charge is -2.12. The van der Waals surface area contributed by atoms with Gasteiger partial charge in [0.1, 0.15) is 4.90 Å². The summed E-state index contributed by atoms with van der Waals surface area (Å²) < 4.78 is 33.3.